The molecule has 0 spiro atoms. The zero-order valence-corrected chi connectivity index (χ0v) is 20.7. The lowest BCUT2D eigenvalue weighted by atomic mass is 9.88. The lowest BCUT2D eigenvalue weighted by Gasteiger charge is -2.32. The van der Waals surface area contributed by atoms with Crippen molar-refractivity contribution in [2.75, 3.05) is 19.7 Å². The van der Waals surface area contributed by atoms with Crippen LogP contribution in [0.2, 0.25) is 0 Å². The van der Waals surface area contributed by atoms with Gasteiger partial charge in [-0.25, -0.2) is 4.98 Å². The molecule has 2 aliphatic rings. The van der Waals surface area contributed by atoms with Gasteiger partial charge in [-0.1, -0.05) is 12.1 Å². The van der Waals surface area contributed by atoms with E-state index in [2.05, 4.69) is 22.4 Å². The van der Waals surface area contributed by atoms with E-state index in [9.17, 15) is 9.59 Å². The third-order valence-corrected chi connectivity index (χ3v) is 7.50. The monoisotopic (exact) mass is 494 g/mol. The van der Waals surface area contributed by atoms with Crippen molar-refractivity contribution < 1.29 is 14.3 Å². The van der Waals surface area contributed by atoms with Gasteiger partial charge in [0, 0.05) is 49.4 Å². The highest BCUT2D eigenvalue weighted by Gasteiger charge is 2.25. The Morgan fingerprint density at radius 1 is 0.973 bits per heavy atom. The highest BCUT2D eigenvalue weighted by atomic mass is 16.5. The van der Waals surface area contributed by atoms with Gasteiger partial charge in [-0.15, -0.1) is 0 Å². The third kappa shape index (κ3) is 4.94. The summed E-state index contributed by atoms with van der Waals surface area (Å²) < 4.78 is 7.62. The van der Waals surface area contributed by atoms with E-state index < -0.39 is 0 Å². The zero-order valence-electron chi connectivity index (χ0n) is 20.7. The van der Waals surface area contributed by atoms with Crippen molar-refractivity contribution in [2.24, 2.45) is 0 Å². The molecule has 0 radical (unpaired) electrons. The number of rotatable bonds is 5. The summed E-state index contributed by atoms with van der Waals surface area (Å²) in [5.41, 5.74) is 5.63. The molecule has 4 aromatic rings. The van der Waals surface area contributed by atoms with E-state index in [1.54, 1.807) is 6.20 Å². The Morgan fingerprint density at radius 2 is 1.78 bits per heavy atom. The molecule has 7 heteroatoms. The van der Waals surface area contributed by atoms with Crippen LogP contribution < -0.4 is 10.1 Å². The average Bonchev–Trinajstić information content (AvgIpc) is 3.43. The summed E-state index contributed by atoms with van der Waals surface area (Å²) in [7, 11) is 0. The molecule has 2 aromatic carbocycles. The molecule has 0 saturated carbocycles. The fraction of sp³-hybridized carbons (Fsp3) is 0.300. The van der Waals surface area contributed by atoms with Crippen molar-refractivity contribution in [1.82, 2.24) is 19.6 Å². The van der Waals surface area contributed by atoms with Gasteiger partial charge in [0.2, 0.25) is 0 Å². The van der Waals surface area contributed by atoms with E-state index in [1.807, 2.05) is 64.2 Å². The second-order valence-corrected chi connectivity index (χ2v) is 9.87. The number of hydrogen-bond acceptors (Lipinski definition) is 4. The van der Waals surface area contributed by atoms with E-state index in [0.29, 0.717) is 18.0 Å². The number of aromatic nitrogens is 2. The molecule has 2 aliphatic heterocycles. The minimum absolute atomic E-state index is 0.0920. The van der Waals surface area contributed by atoms with E-state index in [4.69, 9.17) is 4.74 Å². The molecular formula is C30H30N4O3. The number of nitrogens with one attached hydrogen (secondary N) is 1. The number of hydrogen-bond donors (Lipinski definition) is 1. The van der Waals surface area contributed by atoms with E-state index in [-0.39, 0.29) is 11.8 Å². The van der Waals surface area contributed by atoms with Crippen LogP contribution in [-0.2, 0) is 13.0 Å². The Kier molecular flexibility index (Phi) is 6.35. The van der Waals surface area contributed by atoms with Gasteiger partial charge in [-0.05, 0) is 90.8 Å². The molecule has 0 aliphatic carbocycles. The van der Waals surface area contributed by atoms with Gasteiger partial charge in [-0.2, -0.15) is 0 Å². The summed E-state index contributed by atoms with van der Waals surface area (Å²) in [4.78, 5) is 32.0. The van der Waals surface area contributed by atoms with Crippen LogP contribution in [0.5, 0.6) is 5.75 Å². The summed E-state index contributed by atoms with van der Waals surface area (Å²) in [6, 6.07) is 17.7. The summed E-state index contributed by atoms with van der Waals surface area (Å²) >= 11 is 0. The lowest BCUT2D eigenvalue weighted by molar-refractivity contribution is 0.0712. The molecule has 0 atom stereocenters. The topological polar surface area (TPSA) is 75.9 Å². The predicted molar refractivity (Wildman–Crippen MR) is 141 cm³/mol. The second-order valence-electron chi connectivity index (χ2n) is 9.87. The molecule has 2 amide bonds. The molecule has 1 fully saturated rings. The Hall–Kier alpha value is -4.13. The van der Waals surface area contributed by atoms with Gasteiger partial charge in [-0.3, -0.25) is 9.59 Å². The van der Waals surface area contributed by atoms with Gasteiger partial charge in [0.05, 0.1) is 6.61 Å². The molecule has 6 rings (SSSR count). The largest absolute Gasteiger partial charge is 0.493 e. The first-order chi connectivity index (χ1) is 18.1. The first kappa shape index (κ1) is 23.3. The molecule has 1 N–H and O–H groups in total. The summed E-state index contributed by atoms with van der Waals surface area (Å²) in [6.07, 6.45) is 9.40. The van der Waals surface area contributed by atoms with Crippen LogP contribution in [0.15, 0.2) is 73.2 Å². The quantitative estimate of drug-likeness (QED) is 0.440. The van der Waals surface area contributed by atoms with E-state index in [1.165, 1.54) is 5.56 Å². The molecular weight excluding hydrogens is 464 g/mol. The van der Waals surface area contributed by atoms with E-state index in [0.717, 1.165) is 73.5 Å². The number of aryl methyl sites for hydroxylation is 1. The number of nitrogens with zero attached hydrogens (tertiary/aromatic N) is 3. The van der Waals surface area contributed by atoms with Gasteiger partial charge in [0.1, 0.15) is 11.4 Å². The maximum Gasteiger partial charge on any atom is 0.253 e. The fourth-order valence-electron chi connectivity index (χ4n) is 5.35. The average molecular weight is 495 g/mol. The summed E-state index contributed by atoms with van der Waals surface area (Å²) in [5, 5.41) is 3.00. The number of benzene rings is 2. The zero-order chi connectivity index (χ0) is 25.2. The van der Waals surface area contributed by atoms with Crippen LogP contribution in [0.1, 0.15) is 62.6 Å². The number of carbonyl (C=O) groups excluding carboxylic acids is 2. The molecule has 1 saturated heterocycles. The van der Waals surface area contributed by atoms with E-state index >= 15 is 0 Å². The highest BCUT2D eigenvalue weighted by Crippen LogP contribution is 2.30. The number of carbonyl (C=O) groups is 2. The van der Waals surface area contributed by atoms with Crippen LogP contribution in [0.25, 0.3) is 5.65 Å². The SMILES string of the molecule is O=C(NCc1ccn2ccnc2c1)c1ccc(C2CCN(C(=O)c3ccc4c(c3)CCCO4)CC2)cc1. The third-order valence-electron chi connectivity index (χ3n) is 7.50. The van der Waals surface area contributed by atoms with Gasteiger partial charge < -0.3 is 19.4 Å². The van der Waals surface area contributed by atoms with Crippen LogP contribution in [-0.4, -0.2) is 45.8 Å². The Balaban J connectivity index is 1.02. The number of ether oxygens (including phenoxy) is 1. The van der Waals surface area contributed by atoms with Gasteiger partial charge in [0.15, 0.2) is 0 Å². The van der Waals surface area contributed by atoms with Crippen LogP contribution in [0, 0.1) is 0 Å². The lowest BCUT2D eigenvalue weighted by Crippen LogP contribution is -2.38. The molecule has 2 aromatic heterocycles. The van der Waals surface area contributed by atoms with Crippen molar-refractivity contribution in [3.63, 3.8) is 0 Å². The Labute approximate surface area is 216 Å². The number of fused-ring (bicyclic) bond motifs is 2. The molecule has 7 nitrogen and oxygen atoms in total. The van der Waals surface area contributed by atoms with Crippen molar-refractivity contribution in [1.29, 1.82) is 0 Å². The standard InChI is InChI=1S/C30H30N4O3/c35-29(32-20-21-9-13-33-16-12-31-28(33)18-21)24-5-3-22(4-6-24)23-10-14-34(15-11-23)30(36)26-7-8-27-25(19-26)2-1-17-37-27/h3-9,12-13,16,18-19,23H,1-2,10-11,14-15,17,20H2,(H,32,35). The molecule has 37 heavy (non-hydrogen) atoms. The normalized spacial score (nSPS) is 15.7. The highest BCUT2D eigenvalue weighted by molar-refractivity contribution is 5.95. The van der Waals surface area contributed by atoms with Crippen LogP contribution in [0.4, 0.5) is 0 Å². The molecule has 0 unspecified atom stereocenters. The minimum Gasteiger partial charge on any atom is -0.493 e. The number of likely N-dealkylation sites (tertiary alicyclic amines) is 1. The smallest absolute Gasteiger partial charge is 0.253 e. The molecule has 188 valence electrons. The van der Waals surface area contributed by atoms with Crippen molar-refractivity contribution in [2.45, 2.75) is 38.1 Å². The Bertz CT molecular complexity index is 1440. The number of imidazole rings is 1. The molecule has 4 heterocycles. The first-order valence-electron chi connectivity index (χ1n) is 13.0. The van der Waals surface area contributed by atoms with Crippen molar-refractivity contribution >= 4 is 17.5 Å². The Morgan fingerprint density at radius 3 is 2.62 bits per heavy atom. The number of piperidine rings is 1. The van der Waals surface area contributed by atoms with Crippen LogP contribution >= 0.6 is 0 Å². The predicted octanol–water partition coefficient (Wildman–Crippen LogP) is 4.61. The number of pyridine rings is 1. The summed E-state index contributed by atoms with van der Waals surface area (Å²) in [5.74, 6) is 1.31. The maximum atomic E-state index is 13.1. The summed E-state index contributed by atoms with van der Waals surface area (Å²) in [6.45, 7) is 2.68. The second kappa shape index (κ2) is 10.1. The van der Waals surface area contributed by atoms with Gasteiger partial charge >= 0.3 is 0 Å². The number of amides is 2. The minimum atomic E-state index is -0.0920. The molecule has 0 bridgehead atoms. The maximum absolute atomic E-state index is 13.1. The van der Waals surface area contributed by atoms with Crippen molar-refractivity contribution in [3.8, 4) is 5.75 Å². The van der Waals surface area contributed by atoms with Gasteiger partial charge in [0.25, 0.3) is 11.8 Å². The van der Waals surface area contributed by atoms with Crippen molar-refractivity contribution in [3.05, 3.63) is 101 Å². The van der Waals surface area contributed by atoms with Crippen LogP contribution in [0.3, 0.4) is 0 Å². The fourth-order valence-corrected chi connectivity index (χ4v) is 5.35. The first-order valence-corrected chi connectivity index (χ1v) is 13.0.